The summed E-state index contributed by atoms with van der Waals surface area (Å²) in [6.07, 6.45) is 1.59. The van der Waals surface area contributed by atoms with Crippen molar-refractivity contribution in [3.63, 3.8) is 0 Å². The Morgan fingerprint density at radius 2 is 1.91 bits per heavy atom. The van der Waals surface area contributed by atoms with Gasteiger partial charge >= 0.3 is 0 Å². The first-order chi connectivity index (χ1) is 10.6. The number of aliphatic imine (C=N–C) groups is 1. The third kappa shape index (κ3) is 2.53. The molecule has 2 aromatic rings. The first-order valence-electron chi connectivity index (χ1n) is 6.92. The minimum absolute atomic E-state index is 0.176. The minimum Gasteiger partial charge on any atom is -0.454 e. The van der Waals surface area contributed by atoms with Crippen molar-refractivity contribution < 1.29 is 13.2 Å². The van der Waals surface area contributed by atoms with Crippen LogP contribution in [0.1, 0.15) is 5.56 Å². The predicted octanol–water partition coefficient (Wildman–Crippen LogP) is 3.43. The van der Waals surface area contributed by atoms with Crippen LogP contribution in [0.5, 0.6) is 11.5 Å². The van der Waals surface area contributed by atoms with Crippen molar-refractivity contribution in [3.8, 4) is 11.5 Å². The number of nitrogens with zero attached hydrogens (tertiary/aromatic N) is 1. The molecular weight excluding hydrogens is 318 g/mol. The molecule has 22 heavy (non-hydrogen) atoms. The van der Waals surface area contributed by atoms with Crippen LogP contribution in [-0.2, 0) is 9.84 Å². The van der Waals surface area contributed by atoms with Gasteiger partial charge in [0.25, 0.3) is 0 Å². The number of hydrogen-bond donors (Lipinski definition) is 0. The number of rotatable bonds is 3. The Kier molecular flexibility index (Phi) is 3.23. The van der Waals surface area contributed by atoms with Crippen molar-refractivity contribution in [1.29, 1.82) is 0 Å². The van der Waals surface area contributed by atoms with E-state index < -0.39 is 9.84 Å². The van der Waals surface area contributed by atoms with Crippen molar-refractivity contribution in [2.24, 2.45) is 4.99 Å². The first-order valence-corrected chi connectivity index (χ1v) is 9.62. The van der Waals surface area contributed by atoms with Crippen LogP contribution in [0.15, 0.2) is 52.4 Å². The van der Waals surface area contributed by atoms with Gasteiger partial charge in [-0.25, -0.2) is 8.42 Å². The van der Waals surface area contributed by atoms with Gasteiger partial charge in [-0.15, -0.1) is 0 Å². The largest absolute Gasteiger partial charge is 0.454 e. The van der Waals surface area contributed by atoms with Crippen molar-refractivity contribution >= 4 is 33.5 Å². The molecule has 1 fully saturated rings. The third-order valence-corrected chi connectivity index (χ3v) is 6.64. The summed E-state index contributed by atoms with van der Waals surface area (Å²) in [5.74, 6) is 2.25. The normalized spacial score (nSPS) is 18.8. The Morgan fingerprint density at radius 3 is 2.73 bits per heavy atom. The third-order valence-electron chi connectivity index (χ3n) is 3.59. The molecule has 1 atom stereocenters. The van der Waals surface area contributed by atoms with E-state index in [1.165, 1.54) is 0 Å². The lowest BCUT2D eigenvalue weighted by molar-refractivity contribution is 0.483. The van der Waals surface area contributed by atoms with Crippen LogP contribution in [0.2, 0.25) is 0 Å². The average Bonchev–Trinajstić information content (AvgIpc) is 3.31. The van der Waals surface area contributed by atoms with Gasteiger partial charge in [-0.05, 0) is 24.3 Å². The first kappa shape index (κ1) is 13.8. The Hall–Kier alpha value is -1.79. The molecule has 0 spiro atoms. The number of hydrogen-bond acceptors (Lipinski definition) is 5. The van der Waals surface area contributed by atoms with Crippen molar-refractivity contribution in [1.82, 2.24) is 0 Å². The maximum Gasteiger partial charge on any atom is 0.180 e. The molecule has 2 aliphatic heterocycles. The summed E-state index contributed by atoms with van der Waals surface area (Å²) in [6, 6.07) is 12.5. The second-order valence-electron chi connectivity index (χ2n) is 5.23. The van der Waals surface area contributed by atoms with E-state index in [-0.39, 0.29) is 11.0 Å². The number of sulfone groups is 1. The molecule has 0 saturated carbocycles. The molecule has 1 saturated heterocycles. The zero-order valence-electron chi connectivity index (χ0n) is 11.6. The number of thioether (sulfide) groups is 1. The molecule has 6 heteroatoms. The molecule has 2 aromatic carbocycles. The molecule has 4 nitrogen and oxygen atoms in total. The van der Waals surface area contributed by atoms with E-state index >= 15 is 0 Å². The fourth-order valence-corrected chi connectivity index (χ4v) is 5.30. The molecule has 2 aliphatic rings. The SMILES string of the molecule is O=S(=O)(CC1CS1)c1cccc2c1C=Nc1ccccc1O2. The number of para-hydroxylation sites is 2. The molecule has 0 N–H and O–H groups in total. The summed E-state index contributed by atoms with van der Waals surface area (Å²) >= 11 is 1.68. The van der Waals surface area contributed by atoms with Crippen LogP contribution in [0.4, 0.5) is 5.69 Å². The lowest BCUT2D eigenvalue weighted by Crippen LogP contribution is -2.13. The fourth-order valence-electron chi connectivity index (χ4n) is 2.41. The van der Waals surface area contributed by atoms with Gasteiger partial charge in [-0.3, -0.25) is 4.99 Å². The molecular formula is C16H13NO3S2. The maximum absolute atomic E-state index is 12.6. The predicted molar refractivity (Wildman–Crippen MR) is 88.5 cm³/mol. The quantitative estimate of drug-likeness (QED) is 0.690. The van der Waals surface area contributed by atoms with Crippen LogP contribution in [0.3, 0.4) is 0 Å². The zero-order valence-corrected chi connectivity index (χ0v) is 13.2. The lowest BCUT2D eigenvalue weighted by atomic mass is 10.2. The van der Waals surface area contributed by atoms with Gasteiger partial charge in [0.1, 0.15) is 11.4 Å². The van der Waals surface area contributed by atoms with Crippen LogP contribution in [-0.4, -0.2) is 31.4 Å². The molecule has 0 amide bonds. The van der Waals surface area contributed by atoms with E-state index in [2.05, 4.69) is 4.99 Å². The van der Waals surface area contributed by atoms with Gasteiger partial charge in [-0.1, -0.05) is 18.2 Å². The summed E-state index contributed by atoms with van der Waals surface area (Å²) in [6.45, 7) is 0. The van der Waals surface area contributed by atoms with Gasteiger partial charge in [0, 0.05) is 17.2 Å². The Bertz CT molecular complexity index is 871. The van der Waals surface area contributed by atoms with Crippen molar-refractivity contribution in [3.05, 3.63) is 48.0 Å². The highest BCUT2D eigenvalue weighted by Gasteiger charge is 2.32. The smallest absolute Gasteiger partial charge is 0.180 e. The molecule has 0 bridgehead atoms. The summed E-state index contributed by atoms with van der Waals surface area (Å²) in [4.78, 5) is 4.68. The Morgan fingerprint density at radius 1 is 1.14 bits per heavy atom. The van der Waals surface area contributed by atoms with Crippen LogP contribution < -0.4 is 4.74 Å². The maximum atomic E-state index is 12.6. The Balaban J connectivity index is 1.83. The number of benzene rings is 2. The molecule has 0 aliphatic carbocycles. The minimum atomic E-state index is -3.33. The molecule has 112 valence electrons. The number of ether oxygens (including phenoxy) is 1. The summed E-state index contributed by atoms with van der Waals surface area (Å²) < 4.78 is 31.1. The van der Waals surface area contributed by atoms with Crippen molar-refractivity contribution in [2.75, 3.05) is 11.5 Å². The summed E-state index contributed by atoms with van der Waals surface area (Å²) in [7, 11) is -3.33. The average molecular weight is 331 g/mol. The highest BCUT2D eigenvalue weighted by Crippen LogP contribution is 2.39. The van der Waals surface area contributed by atoms with Gasteiger partial charge in [-0.2, -0.15) is 11.8 Å². The van der Waals surface area contributed by atoms with Crippen LogP contribution in [0.25, 0.3) is 0 Å². The highest BCUT2D eigenvalue weighted by atomic mass is 32.2. The molecule has 0 radical (unpaired) electrons. The summed E-state index contributed by atoms with van der Waals surface area (Å²) in [5, 5.41) is 0.224. The van der Waals surface area contributed by atoms with E-state index in [1.54, 1.807) is 36.2 Å². The van der Waals surface area contributed by atoms with Gasteiger partial charge < -0.3 is 4.74 Å². The van der Waals surface area contributed by atoms with E-state index in [4.69, 9.17) is 4.74 Å². The molecule has 2 heterocycles. The van der Waals surface area contributed by atoms with Crippen LogP contribution in [0, 0.1) is 0 Å². The van der Waals surface area contributed by atoms with Gasteiger partial charge in [0.2, 0.25) is 0 Å². The highest BCUT2D eigenvalue weighted by molar-refractivity contribution is 8.08. The molecule has 1 unspecified atom stereocenters. The van der Waals surface area contributed by atoms with Crippen molar-refractivity contribution in [2.45, 2.75) is 10.1 Å². The van der Waals surface area contributed by atoms with E-state index in [0.29, 0.717) is 27.6 Å². The van der Waals surface area contributed by atoms with E-state index in [1.807, 2.05) is 24.3 Å². The monoisotopic (exact) mass is 331 g/mol. The standard InChI is InChI=1S/C16H13NO3S2/c18-22(19,10-11-9-21-11)16-7-3-6-14-12(16)8-17-13-4-1-2-5-15(13)20-14/h1-8,11H,9-10H2. The second-order valence-corrected chi connectivity index (χ2v) is 8.57. The lowest BCUT2D eigenvalue weighted by Gasteiger charge is -2.11. The van der Waals surface area contributed by atoms with Crippen LogP contribution >= 0.6 is 11.8 Å². The van der Waals surface area contributed by atoms with E-state index in [9.17, 15) is 8.42 Å². The molecule has 0 aromatic heterocycles. The zero-order chi connectivity index (χ0) is 15.2. The fraction of sp³-hybridized carbons (Fsp3) is 0.188. The molecule has 4 rings (SSSR count). The topological polar surface area (TPSA) is 55.7 Å². The Labute approximate surface area is 133 Å². The summed E-state index contributed by atoms with van der Waals surface area (Å²) in [5.41, 5.74) is 1.23. The van der Waals surface area contributed by atoms with Gasteiger partial charge in [0.05, 0.1) is 16.2 Å². The van der Waals surface area contributed by atoms with Gasteiger partial charge in [0.15, 0.2) is 15.6 Å². The van der Waals surface area contributed by atoms with E-state index in [0.717, 1.165) is 5.75 Å². The number of fused-ring (bicyclic) bond motifs is 2. The second kappa shape index (κ2) is 5.14.